The van der Waals surface area contributed by atoms with E-state index in [0.29, 0.717) is 12.0 Å². The molecule has 0 unspecified atom stereocenters. The van der Waals surface area contributed by atoms with Crippen molar-refractivity contribution in [3.05, 3.63) is 24.3 Å². The fourth-order valence-electron chi connectivity index (χ4n) is 3.54. The molecule has 0 aromatic carbocycles. The minimum Gasteiger partial charge on any atom is -0.391 e. The van der Waals surface area contributed by atoms with Gasteiger partial charge in [0.05, 0.1) is 11.8 Å². The van der Waals surface area contributed by atoms with Crippen molar-refractivity contribution >= 4 is 0 Å². The van der Waals surface area contributed by atoms with Crippen LogP contribution in [0.15, 0.2) is 18.6 Å². The molecule has 104 valence electrons. The van der Waals surface area contributed by atoms with Crippen LogP contribution in [0.5, 0.6) is 0 Å². The number of aromatic nitrogens is 2. The van der Waals surface area contributed by atoms with Gasteiger partial charge in [0, 0.05) is 43.6 Å². The normalized spacial score (nSPS) is 29.7. The highest BCUT2D eigenvalue weighted by Gasteiger charge is 2.35. The molecule has 0 amide bonds. The first-order chi connectivity index (χ1) is 9.33. The van der Waals surface area contributed by atoms with E-state index in [2.05, 4.69) is 14.9 Å². The summed E-state index contributed by atoms with van der Waals surface area (Å²) in [6.07, 6.45) is 12.6. The van der Waals surface area contributed by atoms with Crippen LogP contribution in [-0.4, -0.2) is 45.2 Å². The van der Waals surface area contributed by atoms with Gasteiger partial charge in [0.25, 0.3) is 0 Å². The van der Waals surface area contributed by atoms with Gasteiger partial charge in [-0.3, -0.25) is 14.9 Å². The maximum absolute atomic E-state index is 10.3. The Morgan fingerprint density at radius 2 is 2.00 bits per heavy atom. The average molecular weight is 261 g/mol. The number of aliphatic hydroxyl groups is 1. The summed E-state index contributed by atoms with van der Waals surface area (Å²) in [5.41, 5.74) is 0.997. The van der Waals surface area contributed by atoms with Crippen molar-refractivity contribution in [2.75, 3.05) is 13.1 Å². The lowest BCUT2D eigenvalue weighted by Crippen LogP contribution is -2.35. The van der Waals surface area contributed by atoms with E-state index in [1.54, 1.807) is 12.4 Å². The van der Waals surface area contributed by atoms with Crippen LogP contribution in [0.2, 0.25) is 0 Å². The van der Waals surface area contributed by atoms with Crippen LogP contribution < -0.4 is 0 Å². The zero-order chi connectivity index (χ0) is 13.1. The Kier molecular flexibility index (Phi) is 4.09. The van der Waals surface area contributed by atoms with E-state index in [-0.39, 0.29) is 6.10 Å². The summed E-state index contributed by atoms with van der Waals surface area (Å²) in [4.78, 5) is 10.9. The van der Waals surface area contributed by atoms with E-state index in [1.807, 2.05) is 6.20 Å². The second-order valence-corrected chi connectivity index (χ2v) is 5.97. The van der Waals surface area contributed by atoms with Crippen molar-refractivity contribution in [3.63, 3.8) is 0 Å². The van der Waals surface area contributed by atoms with Gasteiger partial charge in [0.15, 0.2) is 0 Å². The second kappa shape index (κ2) is 5.97. The van der Waals surface area contributed by atoms with Crippen LogP contribution in [0.3, 0.4) is 0 Å². The molecule has 2 fully saturated rings. The lowest BCUT2D eigenvalue weighted by molar-refractivity contribution is 0.129. The molecule has 4 nitrogen and oxygen atoms in total. The van der Waals surface area contributed by atoms with Crippen molar-refractivity contribution in [1.29, 1.82) is 0 Å². The number of likely N-dealkylation sites (tertiary alicyclic amines) is 1. The smallest absolute Gasteiger partial charge is 0.0711 e. The molecule has 1 N–H and O–H groups in total. The molecule has 2 aliphatic rings. The molecule has 2 heterocycles. The van der Waals surface area contributed by atoms with E-state index < -0.39 is 0 Å². The molecule has 0 bridgehead atoms. The Morgan fingerprint density at radius 1 is 1.16 bits per heavy atom. The minimum absolute atomic E-state index is 0.205. The molecular weight excluding hydrogens is 238 g/mol. The van der Waals surface area contributed by atoms with E-state index in [4.69, 9.17) is 0 Å². The first-order valence-corrected chi connectivity index (χ1v) is 7.50. The molecule has 1 saturated heterocycles. The predicted molar refractivity (Wildman–Crippen MR) is 73.7 cm³/mol. The quantitative estimate of drug-likeness (QED) is 0.898. The van der Waals surface area contributed by atoms with Crippen molar-refractivity contribution in [1.82, 2.24) is 14.9 Å². The van der Waals surface area contributed by atoms with Gasteiger partial charge in [0.2, 0.25) is 0 Å². The molecule has 4 heteroatoms. The van der Waals surface area contributed by atoms with Gasteiger partial charge >= 0.3 is 0 Å². The highest BCUT2D eigenvalue weighted by atomic mass is 16.3. The zero-order valence-corrected chi connectivity index (χ0v) is 11.4. The van der Waals surface area contributed by atoms with E-state index >= 15 is 0 Å². The summed E-state index contributed by atoms with van der Waals surface area (Å²) >= 11 is 0. The zero-order valence-electron chi connectivity index (χ0n) is 11.4. The summed E-state index contributed by atoms with van der Waals surface area (Å²) in [6, 6.07) is 0.704. The molecule has 1 aromatic rings. The molecule has 1 saturated carbocycles. The van der Waals surface area contributed by atoms with Crippen LogP contribution in [0.4, 0.5) is 0 Å². The van der Waals surface area contributed by atoms with E-state index in [1.165, 1.54) is 32.1 Å². The third-order valence-corrected chi connectivity index (χ3v) is 4.61. The molecule has 0 spiro atoms. The molecule has 1 aromatic heterocycles. The number of hydrogen-bond donors (Lipinski definition) is 1. The third-order valence-electron chi connectivity index (χ3n) is 4.61. The van der Waals surface area contributed by atoms with Gasteiger partial charge in [-0.15, -0.1) is 0 Å². The standard InChI is InChI=1S/C15H23N3O/c19-15-11-18(14-4-2-1-3-5-14)10-12(15)8-13-9-16-6-7-17-13/h6-7,9,12,14-15,19H,1-5,8,10-11H2/t12-,15-/m1/s1. The molecule has 19 heavy (non-hydrogen) atoms. The van der Waals surface area contributed by atoms with Crippen molar-refractivity contribution in [2.24, 2.45) is 5.92 Å². The lowest BCUT2D eigenvalue weighted by atomic mass is 9.94. The number of rotatable bonds is 3. The van der Waals surface area contributed by atoms with Gasteiger partial charge in [-0.1, -0.05) is 19.3 Å². The van der Waals surface area contributed by atoms with Gasteiger partial charge in [0.1, 0.15) is 0 Å². The van der Waals surface area contributed by atoms with Crippen LogP contribution in [0, 0.1) is 5.92 Å². The van der Waals surface area contributed by atoms with E-state index in [0.717, 1.165) is 25.2 Å². The summed E-state index contributed by atoms with van der Waals surface area (Å²) in [5, 5.41) is 10.3. The van der Waals surface area contributed by atoms with Crippen LogP contribution in [-0.2, 0) is 6.42 Å². The van der Waals surface area contributed by atoms with Crippen LogP contribution in [0.1, 0.15) is 37.8 Å². The van der Waals surface area contributed by atoms with Crippen molar-refractivity contribution in [2.45, 2.75) is 50.7 Å². The lowest BCUT2D eigenvalue weighted by Gasteiger charge is -2.30. The highest BCUT2D eigenvalue weighted by molar-refractivity contribution is 5.00. The van der Waals surface area contributed by atoms with E-state index in [9.17, 15) is 5.11 Å². The summed E-state index contributed by atoms with van der Waals surface area (Å²) in [6.45, 7) is 1.86. The summed E-state index contributed by atoms with van der Waals surface area (Å²) < 4.78 is 0. The Bertz CT molecular complexity index is 392. The number of β-amino-alcohol motifs (C(OH)–C–C–N with tert-alkyl or cyclic N) is 1. The van der Waals surface area contributed by atoms with Crippen LogP contribution >= 0.6 is 0 Å². The number of nitrogens with zero attached hydrogens (tertiary/aromatic N) is 3. The topological polar surface area (TPSA) is 49.2 Å². The van der Waals surface area contributed by atoms with Crippen molar-refractivity contribution < 1.29 is 5.11 Å². The minimum atomic E-state index is -0.205. The third kappa shape index (κ3) is 3.12. The van der Waals surface area contributed by atoms with Gasteiger partial charge in [-0.2, -0.15) is 0 Å². The summed E-state index contributed by atoms with van der Waals surface area (Å²) in [5.74, 6) is 0.318. The maximum atomic E-state index is 10.3. The molecule has 2 atom stereocenters. The first-order valence-electron chi connectivity index (χ1n) is 7.50. The molecule has 1 aliphatic heterocycles. The Hall–Kier alpha value is -1.00. The fourth-order valence-corrected chi connectivity index (χ4v) is 3.54. The number of hydrogen-bond acceptors (Lipinski definition) is 4. The summed E-state index contributed by atoms with van der Waals surface area (Å²) in [7, 11) is 0. The monoisotopic (exact) mass is 261 g/mol. The second-order valence-electron chi connectivity index (χ2n) is 5.97. The predicted octanol–water partition coefficient (Wildman–Crippen LogP) is 1.64. The molecule has 3 rings (SSSR count). The Labute approximate surface area is 114 Å². The molecule has 0 radical (unpaired) electrons. The van der Waals surface area contributed by atoms with Crippen LogP contribution in [0.25, 0.3) is 0 Å². The van der Waals surface area contributed by atoms with Gasteiger partial charge in [-0.05, 0) is 19.3 Å². The van der Waals surface area contributed by atoms with Gasteiger partial charge < -0.3 is 5.11 Å². The SMILES string of the molecule is O[C@@H]1CN(C2CCCCC2)C[C@H]1Cc1cnccn1. The maximum Gasteiger partial charge on any atom is 0.0711 e. The average Bonchev–Trinajstić information content (AvgIpc) is 2.82. The highest BCUT2D eigenvalue weighted by Crippen LogP contribution is 2.29. The number of aliphatic hydroxyl groups excluding tert-OH is 1. The first kappa shape index (κ1) is 13.0. The molecule has 1 aliphatic carbocycles. The Morgan fingerprint density at radius 3 is 2.74 bits per heavy atom. The largest absolute Gasteiger partial charge is 0.391 e. The molecular formula is C15H23N3O. The fraction of sp³-hybridized carbons (Fsp3) is 0.733. The Balaban J connectivity index is 1.58. The van der Waals surface area contributed by atoms with Gasteiger partial charge in [-0.25, -0.2) is 0 Å². The van der Waals surface area contributed by atoms with Crippen molar-refractivity contribution in [3.8, 4) is 0 Å².